The van der Waals surface area contributed by atoms with Crippen molar-refractivity contribution in [3.05, 3.63) is 71.8 Å². The van der Waals surface area contributed by atoms with Gasteiger partial charge in [-0.05, 0) is 41.5 Å². The molecule has 0 bridgehead atoms. The van der Waals surface area contributed by atoms with Gasteiger partial charge in [0.05, 0.1) is 23.9 Å². The molecule has 2 aliphatic heterocycles. The zero-order valence-electron chi connectivity index (χ0n) is 20.4. The lowest BCUT2D eigenvalue weighted by molar-refractivity contribution is -0.128. The summed E-state index contributed by atoms with van der Waals surface area (Å²) in [6.07, 6.45) is 0.877. The summed E-state index contributed by atoms with van der Waals surface area (Å²) < 4.78 is 5.43. The number of para-hydroxylation sites is 1. The Balaban J connectivity index is 1.27. The van der Waals surface area contributed by atoms with Gasteiger partial charge in [0, 0.05) is 38.3 Å². The lowest BCUT2D eigenvalue weighted by Crippen LogP contribution is -2.39. The van der Waals surface area contributed by atoms with E-state index in [2.05, 4.69) is 10.2 Å². The highest BCUT2D eigenvalue weighted by atomic mass is 35.5. The smallest absolute Gasteiger partial charge is 0.242 e. The number of halogens is 1. The maximum absolute atomic E-state index is 13.4. The third kappa shape index (κ3) is 6.51. The van der Waals surface area contributed by atoms with Crippen LogP contribution in [0.2, 0.25) is 5.02 Å². The number of aliphatic imine (C=N–C) groups is 1. The predicted octanol–water partition coefficient (Wildman–Crippen LogP) is 5.18. The van der Waals surface area contributed by atoms with Crippen molar-refractivity contribution in [3.63, 3.8) is 0 Å². The summed E-state index contributed by atoms with van der Waals surface area (Å²) in [5, 5.41) is 5.68. The number of carbonyl (C=O) groups is 2. The Labute approximate surface area is 225 Å². The van der Waals surface area contributed by atoms with Crippen LogP contribution in [0, 0.1) is 0 Å². The van der Waals surface area contributed by atoms with Gasteiger partial charge in [0.2, 0.25) is 11.8 Å². The number of fused-ring (bicyclic) bond motifs is 1. The number of nitrogens with zero attached hydrogens (tertiary/aromatic N) is 3. The van der Waals surface area contributed by atoms with Gasteiger partial charge in [-0.2, -0.15) is 0 Å². The number of morpholine rings is 1. The molecule has 9 heteroatoms. The third-order valence-electron chi connectivity index (χ3n) is 6.45. The van der Waals surface area contributed by atoms with E-state index in [9.17, 15) is 9.59 Å². The van der Waals surface area contributed by atoms with Gasteiger partial charge in [-0.3, -0.25) is 19.4 Å². The Hall–Kier alpha value is -2.91. The molecule has 2 amide bonds. The summed E-state index contributed by atoms with van der Waals surface area (Å²) in [6.45, 7) is 4.71. The zero-order chi connectivity index (χ0) is 25.6. The van der Waals surface area contributed by atoms with Gasteiger partial charge in [0.1, 0.15) is 5.25 Å². The van der Waals surface area contributed by atoms with E-state index in [-0.39, 0.29) is 18.2 Å². The molecule has 3 aromatic carbocycles. The summed E-state index contributed by atoms with van der Waals surface area (Å²) in [5.74, 6) is -0.292. The molecule has 0 saturated carbocycles. The van der Waals surface area contributed by atoms with Crippen molar-refractivity contribution in [1.82, 2.24) is 9.80 Å². The Kier molecular flexibility index (Phi) is 8.41. The van der Waals surface area contributed by atoms with Gasteiger partial charge in [-0.25, -0.2) is 4.99 Å². The normalized spacial score (nSPS) is 19.6. The summed E-state index contributed by atoms with van der Waals surface area (Å²) in [4.78, 5) is 35.1. The highest BCUT2D eigenvalue weighted by Crippen LogP contribution is 2.34. The Morgan fingerprint density at radius 1 is 1.03 bits per heavy atom. The van der Waals surface area contributed by atoms with Crippen LogP contribution in [0.5, 0.6) is 0 Å². The fourth-order valence-corrected chi connectivity index (χ4v) is 5.86. The monoisotopic (exact) mass is 536 g/mol. The second-order valence-electron chi connectivity index (χ2n) is 9.06. The summed E-state index contributed by atoms with van der Waals surface area (Å²) in [7, 11) is 0. The highest BCUT2D eigenvalue weighted by molar-refractivity contribution is 8.15. The number of nitrogens with one attached hydrogen (secondary N) is 1. The predicted molar refractivity (Wildman–Crippen MR) is 151 cm³/mol. The van der Waals surface area contributed by atoms with Gasteiger partial charge in [-0.1, -0.05) is 65.8 Å². The maximum atomic E-state index is 13.4. The lowest BCUT2D eigenvalue weighted by Gasteiger charge is -2.27. The van der Waals surface area contributed by atoms with Gasteiger partial charge >= 0.3 is 0 Å². The standard InChI is InChI=1S/C28H29ClN4O3S/c29-23-8-3-4-9-24(23)31-28-33(13-5-12-32-14-16-36-17-15-32)27(35)25(37-28)19-26(34)30-22-11-10-20-6-1-2-7-21(20)18-22/h1-4,6-11,18,25H,5,12-17,19H2,(H,30,34)/t25-/m1/s1. The molecule has 0 unspecified atom stereocenters. The highest BCUT2D eigenvalue weighted by Gasteiger charge is 2.39. The van der Waals surface area contributed by atoms with E-state index in [0.717, 1.165) is 50.0 Å². The number of rotatable bonds is 8. The molecule has 2 fully saturated rings. The maximum Gasteiger partial charge on any atom is 0.242 e. The molecule has 1 atom stereocenters. The van der Waals surface area contributed by atoms with Gasteiger partial charge in [-0.15, -0.1) is 0 Å². The third-order valence-corrected chi connectivity index (χ3v) is 7.95. The minimum absolute atomic E-state index is 0.0673. The van der Waals surface area contributed by atoms with Crippen LogP contribution >= 0.6 is 23.4 Å². The van der Waals surface area contributed by atoms with Crippen LogP contribution in [0.25, 0.3) is 10.8 Å². The first-order valence-electron chi connectivity index (χ1n) is 12.5. The fourth-order valence-electron chi connectivity index (χ4n) is 4.50. The lowest BCUT2D eigenvalue weighted by atomic mass is 10.1. The van der Waals surface area contributed by atoms with Crippen molar-refractivity contribution in [3.8, 4) is 0 Å². The van der Waals surface area contributed by atoms with E-state index in [4.69, 9.17) is 21.3 Å². The SMILES string of the molecule is O=C(C[C@H]1SC(=Nc2ccccc2Cl)N(CCCN2CCOCC2)C1=O)Nc1ccc2ccccc2c1. The molecule has 0 spiro atoms. The van der Waals surface area contributed by atoms with E-state index in [1.165, 1.54) is 11.8 Å². The van der Waals surface area contributed by atoms with Crippen LogP contribution in [0.4, 0.5) is 11.4 Å². The van der Waals surface area contributed by atoms with Crippen molar-refractivity contribution in [1.29, 1.82) is 0 Å². The molecule has 37 heavy (non-hydrogen) atoms. The van der Waals surface area contributed by atoms with Crippen LogP contribution in [0.15, 0.2) is 71.7 Å². The molecule has 7 nitrogen and oxygen atoms in total. The molecule has 192 valence electrons. The minimum atomic E-state index is -0.537. The molecule has 5 rings (SSSR count). The molecule has 2 aliphatic rings. The Morgan fingerprint density at radius 2 is 1.78 bits per heavy atom. The first-order chi connectivity index (χ1) is 18.1. The van der Waals surface area contributed by atoms with E-state index in [0.29, 0.717) is 28.1 Å². The minimum Gasteiger partial charge on any atom is -0.379 e. The van der Waals surface area contributed by atoms with E-state index < -0.39 is 5.25 Å². The Morgan fingerprint density at radius 3 is 2.59 bits per heavy atom. The fraction of sp³-hybridized carbons (Fsp3) is 0.321. The molecular formula is C28H29ClN4O3S. The summed E-state index contributed by atoms with van der Waals surface area (Å²) in [6, 6.07) is 21.1. The number of benzene rings is 3. The first kappa shape index (κ1) is 25.7. The molecule has 0 aromatic heterocycles. The molecular weight excluding hydrogens is 508 g/mol. The summed E-state index contributed by atoms with van der Waals surface area (Å²) in [5.41, 5.74) is 1.32. The molecule has 0 aliphatic carbocycles. The summed E-state index contributed by atoms with van der Waals surface area (Å²) >= 11 is 7.67. The molecule has 3 aromatic rings. The average Bonchev–Trinajstić information content (AvgIpc) is 3.19. The van der Waals surface area contributed by atoms with Crippen molar-refractivity contribution in [2.24, 2.45) is 4.99 Å². The van der Waals surface area contributed by atoms with Gasteiger partial charge < -0.3 is 10.1 Å². The Bertz CT molecular complexity index is 1310. The molecule has 2 saturated heterocycles. The number of amidine groups is 1. The largest absolute Gasteiger partial charge is 0.379 e. The van der Waals surface area contributed by atoms with Crippen LogP contribution in [0.3, 0.4) is 0 Å². The van der Waals surface area contributed by atoms with Gasteiger partial charge in [0.15, 0.2) is 5.17 Å². The molecule has 2 heterocycles. The number of amides is 2. The number of hydrogen-bond acceptors (Lipinski definition) is 6. The number of carbonyl (C=O) groups excluding carboxylic acids is 2. The van der Waals surface area contributed by atoms with Crippen LogP contribution in [0.1, 0.15) is 12.8 Å². The molecule has 1 N–H and O–H groups in total. The van der Waals surface area contributed by atoms with E-state index >= 15 is 0 Å². The zero-order valence-corrected chi connectivity index (χ0v) is 22.0. The quantitative estimate of drug-likeness (QED) is 0.429. The topological polar surface area (TPSA) is 74.2 Å². The average molecular weight is 537 g/mol. The van der Waals surface area contributed by atoms with Crippen LogP contribution in [-0.2, 0) is 14.3 Å². The number of hydrogen-bond donors (Lipinski definition) is 1. The second-order valence-corrected chi connectivity index (χ2v) is 10.6. The van der Waals surface area contributed by atoms with Crippen LogP contribution < -0.4 is 5.32 Å². The van der Waals surface area contributed by atoms with Crippen molar-refractivity contribution in [2.75, 3.05) is 44.7 Å². The van der Waals surface area contributed by atoms with Crippen molar-refractivity contribution in [2.45, 2.75) is 18.1 Å². The molecule has 0 radical (unpaired) electrons. The van der Waals surface area contributed by atoms with E-state index in [1.807, 2.05) is 60.7 Å². The van der Waals surface area contributed by atoms with Gasteiger partial charge in [0.25, 0.3) is 0 Å². The van der Waals surface area contributed by atoms with Crippen molar-refractivity contribution < 1.29 is 14.3 Å². The first-order valence-corrected chi connectivity index (χ1v) is 13.7. The van der Waals surface area contributed by atoms with Crippen molar-refractivity contribution >= 4 is 62.5 Å². The van der Waals surface area contributed by atoms with E-state index in [1.54, 1.807) is 11.0 Å². The number of anilines is 1. The number of ether oxygens (including phenoxy) is 1. The second kappa shape index (κ2) is 12.1. The number of thioether (sulfide) groups is 1. The van der Waals surface area contributed by atoms with Crippen LogP contribution in [-0.4, -0.2) is 71.4 Å².